The molecule has 24 heteroatoms. The van der Waals surface area contributed by atoms with E-state index in [1.54, 1.807) is 18.7 Å². The molecule has 8 N–H and O–H groups in total. The molecular formula is C48H77N15O9. The zero-order chi connectivity index (χ0) is 52.3. The van der Waals surface area contributed by atoms with Crippen molar-refractivity contribution in [2.24, 2.45) is 16.8 Å². The van der Waals surface area contributed by atoms with E-state index in [4.69, 9.17) is 40.9 Å². The molecular weight excluding hydrogens is 931 g/mol. The molecule has 0 unspecified atom stereocenters. The number of nitrogens with one attached hydrogen (secondary N) is 4. The molecule has 1 aromatic carbocycles. The van der Waals surface area contributed by atoms with Crippen molar-refractivity contribution in [3.63, 3.8) is 0 Å². The fourth-order valence-corrected chi connectivity index (χ4v) is 7.89. The number of unbranched alkanes of at least 4 members (excludes halogenated alkanes) is 1. The van der Waals surface area contributed by atoms with Crippen LogP contribution in [0.5, 0.6) is 5.88 Å². The number of urea groups is 1. The molecule has 0 spiro atoms. The van der Waals surface area contributed by atoms with E-state index in [1.165, 1.54) is 0 Å². The number of hydrogen-bond donors (Lipinski definition) is 6. The third-order valence-electron chi connectivity index (χ3n) is 11.7. The highest BCUT2D eigenvalue weighted by molar-refractivity contribution is 5.92. The van der Waals surface area contributed by atoms with Crippen molar-refractivity contribution in [2.45, 2.75) is 117 Å². The molecule has 72 heavy (non-hydrogen) atoms. The topological polar surface area (TPSA) is 321 Å². The van der Waals surface area contributed by atoms with Gasteiger partial charge in [0.15, 0.2) is 5.82 Å². The van der Waals surface area contributed by atoms with Gasteiger partial charge in [0.2, 0.25) is 23.6 Å². The minimum Gasteiger partial charge on any atom is -0.472 e. The molecule has 4 rings (SSSR count). The number of azide groups is 1. The van der Waals surface area contributed by atoms with Crippen molar-refractivity contribution >= 4 is 46.5 Å². The highest BCUT2D eigenvalue weighted by atomic mass is 16.5. The maximum atomic E-state index is 14.1. The quantitative estimate of drug-likeness (QED) is 0.0217. The molecule has 0 aliphatic carbocycles. The van der Waals surface area contributed by atoms with Gasteiger partial charge in [-0.05, 0) is 62.1 Å². The molecule has 1 aliphatic heterocycles. The van der Waals surface area contributed by atoms with E-state index < -0.39 is 29.9 Å². The Bertz CT molecular complexity index is 2210. The third-order valence-corrected chi connectivity index (χ3v) is 11.7. The number of anilines is 1. The smallest absolute Gasteiger partial charge is 0.312 e. The number of nitrogen functional groups attached to an aromatic ring is 1. The lowest BCUT2D eigenvalue weighted by Gasteiger charge is -2.37. The number of nitrogens with zero attached hydrogens (tertiary/aromatic N) is 9. The summed E-state index contributed by atoms with van der Waals surface area (Å²) in [6.07, 6.45) is 3.67. The standard InChI is InChI=1S/C48H77N15O9/c1-6-7-11-38-56-42-43(46(72-34(4)5)59-58-44(42)49)63(38)32-36-16-14-35(15-17-36)31-61-21-23-62(24-22-61)47(67)37(10-9-18-53-48(50)68)55-45(66)41(33(2)3)57-40(65)13-8-12-39(64)52-19-25-69-27-29-71-30-28-70-26-20-54-60-51/h14-17,33-34,37,41H,6-13,18-32H2,1-5H3,(H2,49,58)(H,52,64)(H,55,66)(H,57,65)(H3,50,53,68)/t37-,41-/m0/s1. The normalized spacial score (nSPS) is 13.7. The molecule has 1 fully saturated rings. The van der Waals surface area contributed by atoms with Gasteiger partial charge < -0.3 is 61.1 Å². The highest BCUT2D eigenvalue weighted by Gasteiger charge is 2.32. The molecule has 1 aliphatic rings. The van der Waals surface area contributed by atoms with Gasteiger partial charge in [0.05, 0.1) is 45.7 Å². The van der Waals surface area contributed by atoms with Crippen LogP contribution in [0, 0.1) is 5.92 Å². The lowest BCUT2D eigenvalue weighted by atomic mass is 10.0. The van der Waals surface area contributed by atoms with E-state index in [-0.39, 0.29) is 68.4 Å². The molecule has 3 aromatic rings. The molecule has 0 radical (unpaired) electrons. The fourth-order valence-electron chi connectivity index (χ4n) is 7.89. The van der Waals surface area contributed by atoms with Crippen molar-refractivity contribution in [1.82, 2.24) is 50.8 Å². The van der Waals surface area contributed by atoms with Gasteiger partial charge in [-0.2, -0.15) is 0 Å². The molecule has 6 amide bonds. The Hall–Kier alpha value is -6.33. The molecule has 0 bridgehead atoms. The van der Waals surface area contributed by atoms with E-state index >= 15 is 0 Å². The number of piperazine rings is 1. The van der Waals surface area contributed by atoms with Crippen LogP contribution in [0.25, 0.3) is 21.5 Å². The SMILES string of the molecule is CCCCc1nc2c(N)nnc(OC(C)C)c2n1Cc1ccc(CN2CCN(C(=O)[C@H](CCCNC(N)=O)NC(=O)[C@@H](NC(=O)CCCC(=O)NCCOCCOCCOCCN=[N+]=[N-])C(C)C)CC2)cc1. The summed E-state index contributed by atoms with van der Waals surface area (Å²) in [7, 11) is 0. The lowest BCUT2D eigenvalue weighted by molar-refractivity contribution is -0.139. The molecule has 2 aromatic heterocycles. The monoisotopic (exact) mass is 1010 g/mol. The number of ether oxygens (including phenoxy) is 4. The Morgan fingerprint density at radius 3 is 2.10 bits per heavy atom. The van der Waals surface area contributed by atoms with Gasteiger partial charge in [-0.3, -0.25) is 24.1 Å². The van der Waals surface area contributed by atoms with Crippen molar-refractivity contribution in [3.8, 4) is 5.88 Å². The van der Waals surface area contributed by atoms with Gasteiger partial charge >= 0.3 is 6.03 Å². The van der Waals surface area contributed by atoms with Crippen LogP contribution in [0.1, 0.15) is 96.5 Å². The number of imidazole rings is 1. The summed E-state index contributed by atoms with van der Waals surface area (Å²) in [6.45, 7) is 15.9. The summed E-state index contributed by atoms with van der Waals surface area (Å²) >= 11 is 0. The van der Waals surface area contributed by atoms with Gasteiger partial charge in [-0.25, -0.2) is 9.78 Å². The van der Waals surface area contributed by atoms with E-state index in [2.05, 4.69) is 82.1 Å². The zero-order valence-corrected chi connectivity index (χ0v) is 42.7. The summed E-state index contributed by atoms with van der Waals surface area (Å²) in [6, 6.07) is 5.92. The number of aryl methyl sites for hydroxylation is 1. The van der Waals surface area contributed by atoms with E-state index in [0.717, 1.165) is 41.7 Å². The average Bonchev–Trinajstić information content (AvgIpc) is 3.72. The Morgan fingerprint density at radius 2 is 1.46 bits per heavy atom. The van der Waals surface area contributed by atoms with Crippen LogP contribution in [0.3, 0.4) is 0 Å². The Morgan fingerprint density at radius 1 is 0.806 bits per heavy atom. The number of benzene rings is 1. The number of hydrogen-bond acceptors (Lipinski definition) is 15. The van der Waals surface area contributed by atoms with Crippen LogP contribution in [-0.2, 0) is 52.9 Å². The van der Waals surface area contributed by atoms with Crippen molar-refractivity contribution in [2.75, 3.05) is 91.2 Å². The summed E-state index contributed by atoms with van der Waals surface area (Å²) in [5.41, 5.74) is 23.3. The third kappa shape index (κ3) is 20.4. The Balaban J connectivity index is 1.24. The molecule has 0 saturated carbocycles. The fraction of sp³-hybridized carbons (Fsp3) is 0.667. The predicted molar refractivity (Wildman–Crippen MR) is 270 cm³/mol. The zero-order valence-electron chi connectivity index (χ0n) is 42.7. The molecule has 3 heterocycles. The van der Waals surface area contributed by atoms with Gasteiger partial charge in [0.25, 0.3) is 5.88 Å². The first-order valence-electron chi connectivity index (χ1n) is 25.1. The predicted octanol–water partition coefficient (Wildman–Crippen LogP) is 2.95. The minimum atomic E-state index is -0.932. The largest absolute Gasteiger partial charge is 0.472 e. The average molecular weight is 1010 g/mol. The second kappa shape index (κ2) is 31.9. The lowest BCUT2D eigenvalue weighted by Crippen LogP contribution is -2.58. The van der Waals surface area contributed by atoms with Crippen LogP contribution in [0.2, 0.25) is 0 Å². The number of carbonyl (C=O) groups excluding carboxylic acids is 5. The maximum absolute atomic E-state index is 14.1. The van der Waals surface area contributed by atoms with E-state index in [1.807, 2.05) is 13.8 Å². The first kappa shape index (κ1) is 58.2. The van der Waals surface area contributed by atoms with Gasteiger partial charge in [0.1, 0.15) is 28.9 Å². The summed E-state index contributed by atoms with van der Waals surface area (Å²) in [4.78, 5) is 76.2. The van der Waals surface area contributed by atoms with Gasteiger partial charge in [-0.15, -0.1) is 10.2 Å². The van der Waals surface area contributed by atoms with Crippen LogP contribution < -0.4 is 37.5 Å². The number of carbonyl (C=O) groups is 5. The maximum Gasteiger partial charge on any atom is 0.312 e. The first-order chi connectivity index (χ1) is 34.7. The number of nitrogens with two attached hydrogens (primary N) is 2. The second-order valence-electron chi connectivity index (χ2n) is 18.2. The van der Waals surface area contributed by atoms with E-state index in [0.29, 0.717) is 103 Å². The molecule has 398 valence electrons. The Labute approximate surface area is 422 Å². The van der Waals surface area contributed by atoms with E-state index in [9.17, 15) is 24.0 Å². The van der Waals surface area contributed by atoms with Crippen LogP contribution in [0.15, 0.2) is 29.4 Å². The van der Waals surface area contributed by atoms with Crippen molar-refractivity contribution in [1.29, 1.82) is 0 Å². The Kier molecular flexibility index (Phi) is 25.8. The van der Waals surface area contributed by atoms with Gasteiger partial charge in [-0.1, -0.05) is 56.6 Å². The highest BCUT2D eigenvalue weighted by Crippen LogP contribution is 2.30. The van der Waals surface area contributed by atoms with Crippen LogP contribution in [-0.4, -0.2) is 163 Å². The second-order valence-corrected chi connectivity index (χ2v) is 18.2. The number of amides is 6. The number of fused-ring (bicyclic) bond motifs is 1. The number of rotatable bonds is 34. The van der Waals surface area contributed by atoms with Crippen LogP contribution >= 0.6 is 0 Å². The summed E-state index contributed by atoms with van der Waals surface area (Å²) in [5.74, 6) is -0.103. The first-order valence-corrected chi connectivity index (χ1v) is 25.1. The van der Waals surface area contributed by atoms with Crippen molar-refractivity contribution < 1.29 is 42.9 Å². The summed E-state index contributed by atoms with van der Waals surface area (Å²) in [5, 5.41) is 22.8. The summed E-state index contributed by atoms with van der Waals surface area (Å²) < 4.78 is 24.3. The van der Waals surface area contributed by atoms with Gasteiger partial charge in [0, 0.05) is 83.1 Å². The molecule has 2 atom stereocenters. The molecule has 1 saturated heterocycles. The van der Waals surface area contributed by atoms with Crippen molar-refractivity contribution in [3.05, 3.63) is 51.7 Å². The molecule has 24 nitrogen and oxygen atoms in total. The number of primary amides is 1. The minimum absolute atomic E-state index is 0.0204. The number of aromatic nitrogens is 4. The van der Waals surface area contributed by atoms with Crippen LogP contribution in [0.4, 0.5) is 10.6 Å².